The van der Waals surface area contributed by atoms with E-state index in [0.717, 1.165) is 24.2 Å². The van der Waals surface area contributed by atoms with E-state index in [-0.39, 0.29) is 0 Å². The molecule has 0 aliphatic heterocycles. The molecule has 0 spiro atoms. The normalized spacial score (nSPS) is 12.2. The molecular weight excluding hydrogens is 198 g/mol. The van der Waals surface area contributed by atoms with Crippen molar-refractivity contribution in [1.82, 2.24) is 0 Å². The van der Waals surface area contributed by atoms with E-state index in [4.69, 9.17) is 0 Å². The number of nitrogens with zero attached hydrogens (tertiary/aromatic N) is 1. The average molecular weight is 219 g/mol. The largest absolute Gasteiger partial charge is 0.389 e. The molecule has 0 fully saturated rings. The Balaban J connectivity index is 2.82. The zero-order chi connectivity index (χ0) is 12.1. The molecule has 0 unspecified atom stereocenters. The van der Waals surface area contributed by atoms with Crippen molar-refractivity contribution >= 4 is 5.69 Å². The Kier molecular flexibility index (Phi) is 4.56. The Morgan fingerprint density at radius 2 is 1.94 bits per heavy atom. The second-order valence-corrected chi connectivity index (χ2v) is 4.24. The molecule has 88 valence electrons. The Labute approximate surface area is 98.2 Å². The van der Waals surface area contributed by atoms with Crippen LogP contribution in [0.15, 0.2) is 36.4 Å². The van der Waals surface area contributed by atoms with E-state index in [1.54, 1.807) is 6.92 Å². The summed E-state index contributed by atoms with van der Waals surface area (Å²) in [7, 11) is 0. The van der Waals surface area contributed by atoms with Gasteiger partial charge in [0.15, 0.2) is 0 Å². The zero-order valence-corrected chi connectivity index (χ0v) is 10.4. The van der Waals surface area contributed by atoms with Crippen LogP contribution in [-0.2, 0) is 0 Å². The van der Waals surface area contributed by atoms with Gasteiger partial charge in [0.05, 0.1) is 6.10 Å². The minimum absolute atomic E-state index is 0.398. The molecule has 1 atom stereocenters. The maximum atomic E-state index is 9.43. The summed E-state index contributed by atoms with van der Waals surface area (Å²) in [6.45, 7) is 11.7. The number of rotatable bonds is 5. The molecular formula is C14H21NO. The van der Waals surface area contributed by atoms with Crippen molar-refractivity contribution < 1.29 is 5.11 Å². The van der Waals surface area contributed by atoms with Gasteiger partial charge in [0.1, 0.15) is 0 Å². The fourth-order valence-corrected chi connectivity index (χ4v) is 1.68. The zero-order valence-electron chi connectivity index (χ0n) is 10.4. The summed E-state index contributed by atoms with van der Waals surface area (Å²) < 4.78 is 0. The summed E-state index contributed by atoms with van der Waals surface area (Å²) in [5.41, 5.74) is 3.28. The SMILES string of the molecule is C=C(C)CN(CC)c1ccc([C@@H](C)O)cc1. The number of likely N-dealkylation sites (N-methyl/N-ethyl adjacent to an activating group) is 1. The minimum Gasteiger partial charge on any atom is -0.389 e. The van der Waals surface area contributed by atoms with E-state index in [2.05, 4.69) is 30.5 Å². The second-order valence-electron chi connectivity index (χ2n) is 4.24. The number of aliphatic hydroxyl groups excluding tert-OH is 1. The Bertz CT molecular complexity index is 340. The summed E-state index contributed by atoms with van der Waals surface area (Å²) in [4.78, 5) is 2.26. The van der Waals surface area contributed by atoms with Crippen molar-refractivity contribution in [3.63, 3.8) is 0 Å². The predicted molar refractivity (Wildman–Crippen MR) is 69.8 cm³/mol. The molecule has 0 aliphatic carbocycles. The fraction of sp³-hybridized carbons (Fsp3) is 0.429. The summed E-state index contributed by atoms with van der Waals surface area (Å²) in [5, 5.41) is 9.43. The van der Waals surface area contributed by atoms with Gasteiger partial charge in [0.25, 0.3) is 0 Å². The van der Waals surface area contributed by atoms with Gasteiger partial charge in [-0.25, -0.2) is 0 Å². The molecule has 2 nitrogen and oxygen atoms in total. The molecule has 1 aromatic carbocycles. The molecule has 0 radical (unpaired) electrons. The maximum Gasteiger partial charge on any atom is 0.0761 e. The number of hydrogen-bond donors (Lipinski definition) is 1. The molecule has 0 aromatic heterocycles. The van der Waals surface area contributed by atoms with Crippen LogP contribution in [0.4, 0.5) is 5.69 Å². The number of anilines is 1. The molecule has 1 rings (SSSR count). The summed E-state index contributed by atoms with van der Waals surface area (Å²) in [6, 6.07) is 8.05. The van der Waals surface area contributed by atoms with E-state index < -0.39 is 6.10 Å². The predicted octanol–water partition coefficient (Wildman–Crippen LogP) is 3.14. The van der Waals surface area contributed by atoms with E-state index in [0.29, 0.717) is 0 Å². The molecule has 0 saturated heterocycles. The summed E-state index contributed by atoms with van der Waals surface area (Å²) >= 11 is 0. The van der Waals surface area contributed by atoms with Gasteiger partial charge in [-0.1, -0.05) is 24.3 Å². The molecule has 0 bridgehead atoms. The molecule has 0 heterocycles. The third-order valence-electron chi connectivity index (χ3n) is 2.58. The smallest absolute Gasteiger partial charge is 0.0761 e. The molecule has 16 heavy (non-hydrogen) atoms. The third kappa shape index (κ3) is 3.38. The lowest BCUT2D eigenvalue weighted by Crippen LogP contribution is -2.24. The highest BCUT2D eigenvalue weighted by Gasteiger charge is 2.05. The third-order valence-corrected chi connectivity index (χ3v) is 2.58. The van der Waals surface area contributed by atoms with E-state index in [9.17, 15) is 5.11 Å². The topological polar surface area (TPSA) is 23.5 Å². The lowest BCUT2D eigenvalue weighted by atomic mass is 10.1. The van der Waals surface area contributed by atoms with Gasteiger partial charge < -0.3 is 10.0 Å². The van der Waals surface area contributed by atoms with Crippen molar-refractivity contribution in [1.29, 1.82) is 0 Å². The van der Waals surface area contributed by atoms with Gasteiger partial charge in [-0.2, -0.15) is 0 Å². The van der Waals surface area contributed by atoms with Crippen LogP contribution in [0.2, 0.25) is 0 Å². The first-order valence-corrected chi connectivity index (χ1v) is 5.72. The van der Waals surface area contributed by atoms with Gasteiger partial charge in [0, 0.05) is 18.8 Å². The molecule has 0 saturated carbocycles. The van der Waals surface area contributed by atoms with Crippen LogP contribution in [0.1, 0.15) is 32.4 Å². The first-order valence-electron chi connectivity index (χ1n) is 5.72. The highest BCUT2D eigenvalue weighted by molar-refractivity contribution is 5.48. The molecule has 0 aliphatic rings. The summed E-state index contributed by atoms with van der Waals surface area (Å²) in [6.07, 6.45) is -0.398. The van der Waals surface area contributed by atoms with E-state index in [1.807, 2.05) is 19.1 Å². The average Bonchev–Trinajstić information content (AvgIpc) is 2.25. The quantitative estimate of drug-likeness (QED) is 0.769. The Morgan fingerprint density at radius 3 is 2.31 bits per heavy atom. The Hall–Kier alpha value is -1.28. The lowest BCUT2D eigenvalue weighted by molar-refractivity contribution is 0.199. The molecule has 1 N–H and O–H groups in total. The van der Waals surface area contributed by atoms with Crippen LogP contribution in [0, 0.1) is 0 Å². The second kappa shape index (κ2) is 5.71. The minimum atomic E-state index is -0.398. The summed E-state index contributed by atoms with van der Waals surface area (Å²) in [5.74, 6) is 0. The van der Waals surface area contributed by atoms with Crippen LogP contribution in [0.3, 0.4) is 0 Å². The molecule has 1 aromatic rings. The first-order chi connectivity index (χ1) is 7.54. The number of aliphatic hydroxyl groups is 1. The highest BCUT2D eigenvalue weighted by Crippen LogP contribution is 2.19. The fourth-order valence-electron chi connectivity index (χ4n) is 1.68. The van der Waals surface area contributed by atoms with Crippen LogP contribution in [-0.4, -0.2) is 18.2 Å². The van der Waals surface area contributed by atoms with E-state index in [1.165, 1.54) is 5.69 Å². The van der Waals surface area contributed by atoms with Gasteiger partial charge in [-0.15, -0.1) is 0 Å². The van der Waals surface area contributed by atoms with Gasteiger partial charge in [-0.3, -0.25) is 0 Å². The highest BCUT2D eigenvalue weighted by atomic mass is 16.3. The van der Waals surface area contributed by atoms with E-state index >= 15 is 0 Å². The Morgan fingerprint density at radius 1 is 1.38 bits per heavy atom. The standard InChI is InChI=1S/C14H21NO/c1-5-15(10-11(2)3)14-8-6-13(7-9-14)12(4)16/h6-9,12,16H,2,5,10H2,1,3-4H3/t12-/m1/s1. The first kappa shape index (κ1) is 12.8. The van der Waals surface area contributed by atoms with Crippen molar-refractivity contribution in [2.45, 2.75) is 26.9 Å². The van der Waals surface area contributed by atoms with Crippen molar-refractivity contribution in [3.05, 3.63) is 42.0 Å². The lowest BCUT2D eigenvalue weighted by Gasteiger charge is -2.23. The van der Waals surface area contributed by atoms with Crippen LogP contribution in [0.25, 0.3) is 0 Å². The van der Waals surface area contributed by atoms with Crippen molar-refractivity contribution in [3.8, 4) is 0 Å². The van der Waals surface area contributed by atoms with Gasteiger partial charge >= 0.3 is 0 Å². The van der Waals surface area contributed by atoms with Gasteiger partial charge in [0.2, 0.25) is 0 Å². The monoisotopic (exact) mass is 219 g/mol. The van der Waals surface area contributed by atoms with Crippen LogP contribution in [0.5, 0.6) is 0 Å². The number of benzene rings is 1. The van der Waals surface area contributed by atoms with Crippen LogP contribution < -0.4 is 4.90 Å². The van der Waals surface area contributed by atoms with Gasteiger partial charge in [-0.05, 0) is 38.5 Å². The number of hydrogen-bond acceptors (Lipinski definition) is 2. The van der Waals surface area contributed by atoms with Crippen molar-refractivity contribution in [2.24, 2.45) is 0 Å². The van der Waals surface area contributed by atoms with Crippen LogP contribution >= 0.6 is 0 Å². The molecule has 0 amide bonds. The molecule has 2 heteroatoms. The van der Waals surface area contributed by atoms with Crippen molar-refractivity contribution in [2.75, 3.05) is 18.0 Å². The maximum absolute atomic E-state index is 9.43.